The normalized spacial score (nSPS) is 14.3. The topological polar surface area (TPSA) is 94.6 Å². The number of piperazine rings is 1. The van der Waals surface area contributed by atoms with Crippen LogP contribution in [0.4, 0.5) is 0 Å². The van der Waals surface area contributed by atoms with E-state index in [9.17, 15) is 14.4 Å². The SMILES string of the molecule is COC(=O)c1ccc(CO[C@H](CN2CCN(C(=O)c3ccc(C(=O)OC)cc3)CC2)c2cccc(OC)c2)cc1. The summed E-state index contributed by atoms with van der Waals surface area (Å²) in [6.07, 6.45) is -0.233. The molecule has 0 spiro atoms. The van der Waals surface area contributed by atoms with Gasteiger partial charge in [0.1, 0.15) is 5.75 Å². The van der Waals surface area contributed by atoms with Crippen LogP contribution < -0.4 is 4.74 Å². The van der Waals surface area contributed by atoms with Crippen molar-refractivity contribution >= 4 is 17.8 Å². The second-order valence-corrected chi connectivity index (χ2v) is 9.43. The molecule has 0 unspecified atom stereocenters. The van der Waals surface area contributed by atoms with Gasteiger partial charge in [0.25, 0.3) is 5.91 Å². The van der Waals surface area contributed by atoms with Gasteiger partial charge < -0.3 is 23.8 Å². The van der Waals surface area contributed by atoms with Gasteiger partial charge in [0.15, 0.2) is 0 Å². The highest BCUT2D eigenvalue weighted by Crippen LogP contribution is 2.25. The Morgan fingerprint density at radius 2 is 1.32 bits per heavy atom. The Morgan fingerprint density at radius 1 is 0.750 bits per heavy atom. The number of benzene rings is 3. The van der Waals surface area contributed by atoms with Gasteiger partial charge >= 0.3 is 11.9 Å². The van der Waals surface area contributed by atoms with Gasteiger partial charge in [-0.05, 0) is 59.7 Å². The summed E-state index contributed by atoms with van der Waals surface area (Å²) in [6, 6.07) is 21.5. The molecule has 1 amide bonds. The standard InChI is InChI=1S/C31H34N2O7/c1-37-27-6-4-5-26(19-27)28(40-21-22-7-9-24(10-8-22)30(35)38-2)20-32-15-17-33(18-16-32)29(34)23-11-13-25(14-12-23)31(36)39-3/h4-14,19,28H,15-18,20-21H2,1-3H3/t28-/m1/s1. The molecule has 1 saturated heterocycles. The van der Waals surface area contributed by atoms with Crippen molar-refractivity contribution in [2.45, 2.75) is 12.7 Å². The fourth-order valence-electron chi connectivity index (χ4n) is 4.57. The van der Waals surface area contributed by atoms with Crippen LogP contribution in [0.3, 0.4) is 0 Å². The summed E-state index contributed by atoms with van der Waals surface area (Å²) in [6.45, 7) is 3.56. The maximum absolute atomic E-state index is 13.0. The molecule has 9 nitrogen and oxygen atoms in total. The van der Waals surface area contributed by atoms with Crippen LogP contribution in [0.1, 0.15) is 48.3 Å². The summed E-state index contributed by atoms with van der Waals surface area (Å²) in [5.74, 6) is -0.120. The third-order valence-electron chi connectivity index (χ3n) is 6.93. The fraction of sp³-hybridized carbons (Fsp3) is 0.323. The predicted octanol–water partition coefficient (Wildman–Crippen LogP) is 3.98. The van der Waals surface area contributed by atoms with E-state index in [4.69, 9.17) is 18.9 Å². The minimum absolute atomic E-state index is 0.0629. The molecule has 1 aliphatic heterocycles. The number of rotatable bonds is 10. The number of nitrogens with zero attached hydrogens (tertiary/aromatic N) is 2. The van der Waals surface area contributed by atoms with Crippen molar-refractivity contribution in [2.24, 2.45) is 0 Å². The van der Waals surface area contributed by atoms with Crippen molar-refractivity contribution in [2.75, 3.05) is 54.1 Å². The van der Waals surface area contributed by atoms with Crippen LogP contribution in [0, 0.1) is 0 Å². The molecular formula is C31H34N2O7. The zero-order valence-electron chi connectivity index (χ0n) is 23.0. The van der Waals surface area contributed by atoms with Crippen LogP contribution in [0.5, 0.6) is 5.75 Å². The first-order valence-corrected chi connectivity index (χ1v) is 13.0. The van der Waals surface area contributed by atoms with Crippen molar-refractivity contribution in [3.63, 3.8) is 0 Å². The quantitative estimate of drug-likeness (QED) is 0.353. The summed E-state index contributed by atoms with van der Waals surface area (Å²) >= 11 is 0. The Bertz CT molecular complexity index is 1300. The van der Waals surface area contributed by atoms with Gasteiger partial charge in [-0.15, -0.1) is 0 Å². The smallest absolute Gasteiger partial charge is 0.337 e. The lowest BCUT2D eigenvalue weighted by Crippen LogP contribution is -2.49. The monoisotopic (exact) mass is 546 g/mol. The number of esters is 2. The van der Waals surface area contributed by atoms with Crippen LogP contribution in [0.2, 0.25) is 0 Å². The third kappa shape index (κ3) is 7.25. The molecule has 0 saturated carbocycles. The highest BCUT2D eigenvalue weighted by molar-refractivity contribution is 5.96. The summed E-state index contributed by atoms with van der Waals surface area (Å²) in [5, 5.41) is 0. The molecule has 40 heavy (non-hydrogen) atoms. The number of carbonyl (C=O) groups excluding carboxylic acids is 3. The van der Waals surface area contributed by atoms with E-state index < -0.39 is 5.97 Å². The van der Waals surface area contributed by atoms with E-state index in [0.29, 0.717) is 56.0 Å². The van der Waals surface area contributed by atoms with E-state index in [2.05, 4.69) is 4.90 Å². The first-order chi connectivity index (χ1) is 19.4. The molecule has 1 heterocycles. The van der Waals surface area contributed by atoms with Gasteiger partial charge in [0.05, 0.1) is 45.2 Å². The van der Waals surface area contributed by atoms with Gasteiger partial charge in [0, 0.05) is 38.3 Å². The molecular weight excluding hydrogens is 512 g/mol. The number of carbonyl (C=O) groups is 3. The molecule has 0 bridgehead atoms. The van der Waals surface area contributed by atoms with Crippen LogP contribution in [-0.2, 0) is 20.8 Å². The van der Waals surface area contributed by atoms with Crippen molar-refractivity contribution in [3.8, 4) is 5.75 Å². The van der Waals surface area contributed by atoms with Crippen LogP contribution in [-0.4, -0.2) is 81.7 Å². The van der Waals surface area contributed by atoms with Gasteiger partial charge in [-0.3, -0.25) is 9.69 Å². The first-order valence-electron chi connectivity index (χ1n) is 13.0. The third-order valence-corrected chi connectivity index (χ3v) is 6.93. The van der Waals surface area contributed by atoms with Crippen molar-refractivity contribution in [3.05, 3.63) is 101 Å². The number of amides is 1. The van der Waals surface area contributed by atoms with E-state index in [1.807, 2.05) is 41.3 Å². The molecule has 0 aromatic heterocycles. The maximum atomic E-state index is 13.0. The average Bonchev–Trinajstić information content (AvgIpc) is 3.02. The average molecular weight is 547 g/mol. The largest absolute Gasteiger partial charge is 0.497 e. The minimum Gasteiger partial charge on any atom is -0.497 e. The molecule has 0 N–H and O–H groups in total. The summed E-state index contributed by atoms with van der Waals surface area (Å²) in [4.78, 5) is 40.6. The number of ether oxygens (including phenoxy) is 4. The van der Waals surface area contributed by atoms with Gasteiger partial charge in [-0.2, -0.15) is 0 Å². The lowest BCUT2D eigenvalue weighted by molar-refractivity contribution is 0.00331. The van der Waals surface area contributed by atoms with Gasteiger partial charge in [-0.1, -0.05) is 24.3 Å². The molecule has 210 valence electrons. The number of hydrogen-bond donors (Lipinski definition) is 0. The Kier molecular flexibility index (Phi) is 9.88. The van der Waals surface area contributed by atoms with E-state index in [0.717, 1.165) is 16.9 Å². The van der Waals surface area contributed by atoms with Crippen LogP contribution in [0.15, 0.2) is 72.8 Å². The summed E-state index contributed by atoms with van der Waals surface area (Å²) in [7, 11) is 4.32. The highest BCUT2D eigenvalue weighted by atomic mass is 16.5. The Balaban J connectivity index is 1.38. The molecule has 0 aliphatic carbocycles. The molecule has 4 rings (SSSR count). The lowest BCUT2D eigenvalue weighted by Gasteiger charge is -2.36. The Morgan fingerprint density at radius 3 is 1.90 bits per heavy atom. The summed E-state index contributed by atoms with van der Waals surface area (Å²) < 4.78 is 21.3. The molecule has 1 fully saturated rings. The molecule has 9 heteroatoms. The molecule has 0 radical (unpaired) electrons. The van der Waals surface area contributed by atoms with Crippen molar-refractivity contribution in [1.29, 1.82) is 0 Å². The van der Waals surface area contributed by atoms with E-state index in [1.54, 1.807) is 43.5 Å². The Labute approximate surface area is 234 Å². The zero-order valence-corrected chi connectivity index (χ0v) is 23.0. The lowest BCUT2D eigenvalue weighted by atomic mass is 10.1. The molecule has 1 atom stereocenters. The van der Waals surface area contributed by atoms with E-state index in [1.165, 1.54) is 14.2 Å². The number of hydrogen-bond acceptors (Lipinski definition) is 8. The minimum atomic E-state index is -0.432. The molecule has 3 aromatic carbocycles. The number of methoxy groups -OCH3 is 3. The van der Waals surface area contributed by atoms with Crippen LogP contribution in [0.25, 0.3) is 0 Å². The molecule has 1 aliphatic rings. The van der Waals surface area contributed by atoms with Gasteiger partial charge in [0.2, 0.25) is 0 Å². The second-order valence-electron chi connectivity index (χ2n) is 9.43. The maximum Gasteiger partial charge on any atom is 0.337 e. The van der Waals surface area contributed by atoms with Crippen LogP contribution >= 0.6 is 0 Å². The Hall–Kier alpha value is -4.21. The summed E-state index contributed by atoms with van der Waals surface area (Å²) in [5.41, 5.74) is 3.37. The highest BCUT2D eigenvalue weighted by Gasteiger charge is 2.25. The second kappa shape index (κ2) is 13.7. The van der Waals surface area contributed by atoms with Crippen molar-refractivity contribution < 1.29 is 33.3 Å². The van der Waals surface area contributed by atoms with Crippen molar-refractivity contribution in [1.82, 2.24) is 9.80 Å². The van der Waals surface area contributed by atoms with Gasteiger partial charge in [-0.25, -0.2) is 9.59 Å². The van der Waals surface area contributed by atoms with E-state index in [-0.39, 0.29) is 18.0 Å². The predicted molar refractivity (Wildman–Crippen MR) is 148 cm³/mol. The first kappa shape index (κ1) is 28.8. The van der Waals surface area contributed by atoms with E-state index >= 15 is 0 Å². The zero-order chi connectivity index (χ0) is 28.5. The fourth-order valence-corrected chi connectivity index (χ4v) is 4.57. The molecule has 3 aromatic rings.